The Bertz CT molecular complexity index is 612. The molecule has 1 heterocycles. The molecule has 0 aliphatic carbocycles. The summed E-state index contributed by atoms with van der Waals surface area (Å²) in [6, 6.07) is 3.72. The monoisotopic (exact) mass is 475 g/mol. The lowest BCUT2D eigenvalue weighted by molar-refractivity contribution is -0.116. The molecule has 0 saturated heterocycles. The maximum Gasteiger partial charge on any atom is 0.410 e. The Labute approximate surface area is 168 Å². The SMILES string of the molecule is CNC(=O)/C=C/CN(CCCOc1ccc(I)cn1)C(=O)OC(C)(C)C. The van der Waals surface area contributed by atoms with Gasteiger partial charge in [-0.3, -0.25) is 4.79 Å². The number of nitrogens with one attached hydrogen (secondary N) is 1. The Hall–Kier alpha value is -1.84. The van der Waals surface area contributed by atoms with Crippen LogP contribution in [0.25, 0.3) is 0 Å². The second-order valence-corrected chi connectivity index (χ2v) is 7.71. The first-order valence-electron chi connectivity index (χ1n) is 8.32. The second-order valence-electron chi connectivity index (χ2n) is 6.46. The standard InChI is InChI=1S/C18H26IN3O4/c1-18(2,3)26-17(24)22(10-5-7-15(23)20-4)11-6-12-25-16-9-8-14(19)13-21-16/h5,7-9,13H,6,10-12H2,1-4H3,(H,20,23)/b7-5+. The smallest absolute Gasteiger partial charge is 0.410 e. The molecule has 0 bridgehead atoms. The Morgan fingerprint density at radius 2 is 2.08 bits per heavy atom. The molecule has 1 aromatic heterocycles. The number of rotatable bonds is 8. The Balaban J connectivity index is 2.54. The van der Waals surface area contributed by atoms with Crippen LogP contribution in [-0.4, -0.2) is 54.2 Å². The highest BCUT2D eigenvalue weighted by Gasteiger charge is 2.21. The summed E-state index contributed by atoms with van der Waals surface area (Å²) in [6.45, 7) is 6.59. The number of pyridine rings is 1. The fourth-order valence-corrected chi connectivity index (χ4v) is 2.15. The topological polar surface area (TPSA) is 80.8 Å². The molecule has 0 saturated carbocycles. The van der Waals surface area contributed by atoms with Crippen molar-refractivity contribution in [1.82, 2.24) is 15.2 Å². The van der Waals surface area contributed by atoms with Gasteiger partial charge in [0.05, 0.1) is 6.61 Å². The van der Waals surface area contributed by atoms with Gasteiger partial charge in [-0.25, -0.2) is 9.78 Å². The first-order valence-corrected chi connectivity index (χ1v) is 9.39. The van der Waals surface area contributed by atoms with Crippen LogP contribution in [0.15, 0.2) is 30.5 Å². The third-order valence-corrected chi connectivity index (χ3v) is 3.65. The molecule has 144 valence electrons. The fraction of sp³-hybridized carbons (Fsp3) is 0.500. The molecular formula is C18H26IN3O4. The van der Waals surface area contributed by atoms with E-state index in [9.17, 15) is 9.59 Å². The van der Waals surface area contributed by atoms with Gasteiger partial charge in [0.25, 0.3) is 0 Å². The van der Waals surface area contributed by atoms with E-state index in [1.54, 1.807) is 25.4 Å². The first-order chi connectivity index (χ1) is 12.2. The minimum atomic E-state index is -0.582. The van der Waals surface area contributed by atoms with Crippen LogP contribution < -0.4 is 10.1 Å². The molecule has 0 spiro atoms. The van der Waals surface area contributed by atoms with E-state index in [1.807, 2.05) is 26.8 Å². The highest BCUT2D eigenvalue weighted by Crippen LogP contribution is 2.12. The molecule has 0 aliphatic heterocycles. The molecule has 1 N–H and O–H groups in total. The van der Waals surface area contributed by atoms with Crippen molar-refractivity contribution in [1.29, 1.82) is 0 Å². The van der Waals surface area contributed by atoms with E-state index in [0.29, 0.717) is 25.5 Å². The van der Waals surface area contributed by atoms with Crippen LogP contribution in [0.5, 0.6) is 5.88 Å². The third kappa shape index (κ3) is 9.59. The van der Waals surface area contributed by atoms with E-state index in [0.717, 1.165) is 3.57 Å². The van der Waals surface area contributed by atoms with Crippen LogP contribution in [0, 0.1) is 3.57 Å². The summed E-state index contributed by atoms with van der Waals surface area (Å²) in [4.78, 5) is 29.3. The molecule has 0 atom stereocenters. The zero-order chi connectivity index (χ0) is 19.6. The highest BCUT2D eigenvalue weighted by atomic mass is 127. The van der Waals surface area contributed by atoms with Crippen LogP contribution in [-0.2, 0) is 9.53 Å². The quantitative estimate of drug-likeness (QED) is 0.355. The lowest BCUT2D eigenvalue weighted by Gasteiger charge is -2.26. The van der Waals surface area contributed by atoms with Gasteiger partial charge in [-0.1, -0.05) is 6.08 Å². The minimum absolute atomic E-state index is 0.220. The summed E-state index contributed by atoms with van der Waals surface area (Å²) in [6.07, 6.45) is 4.94. The minimum Gasteiger partial charge on any atom is -0.478 e. The molecule has 0 aliphatic rings. The van der Waals surface area contributed by atoms with Crippen molar-refractivity contribution in [2.45, 2.75) is 32.8 Å². The van der Waals surface area contributed by atoms with Crippen LogP contribution in [0.1, 0.15) is 27.2 Å². The first kappa shape index (κ1) is 22.2. The molecule has 0 radical (unpaired) electrons. The number of halogens is 1. The van der Waals surface area contributed by atoms with Gasteiger partial charge in [-0.2, -0.15) is 0 Å². The molecule has 0 fully saturated rings. The van der Waals surface area contributed by atoms with Crippen molar-refractivity contribution in [3.63, 3.8) is 0 Å². The van der Waals surface area contributed by atoms with E-state index in [-0.39, 0.29) is 12.5 Å². The van der Waals surface area contributed by atoms with Crippen molar-refractivity contribution in [2.75, 3.05) is 26.7 Å². The fourth-order valence-electron chi connectivity index (χ4n) is 1.83. The molecule has 8 heteroatoms. The van der Waals surface area contributed by atoms with Gasteiger partial charge in [0, 0.05) is 42.0 Å². The van der Waals surface area contributed by atoms with Crippen molar-refractivity contribution >= 4 is 34.6 Å². The van der Waals surface area contributed by atoms with Crippen molar-refractivity contribution in [2.24, 2.45) is 0 Å². The number of carbonyl (C=O) groups excluding carboxylic acids is 2. The number of nitrogens with zero attached hydrogens (tertiary/aromatic N) is 2. The molecule has 2 amide bonds. The average molecular weight is 475 g/mol. The zero-order valence-corrected chi connectivity index (χ0v) is 17.8. The lowest BCUT2D eigenvalue weighted by atomic mass is 10.2. The van der Waals surface area contributed by atoms with Gasteiger partial charge in [-0.15, -0.1) is 0 Å². The number of aromatic nitrogens is 1. The van der Waals surface area contributed by atoms with Gasteiger partial charge in [0.2, 0.25) is 11.8 Å². The van der Waals surface area contributed by atoms with E-state index in [2.05, 4.69) is 32.9 Å². The molecular weight excluding hydrogens is 449 g/mol. The molecule has 26 heavy (non-hydrogen) atoms. The van der Waals surface area contributed by atoms with E-state index >= 15 is 0 Å². The highest BCUT2D eigenvalue weighted by molar-refractivity contribution is 14.1. The maximum atomic E-state index is 12.3. The maximum absolute atomic E-state index is 12.3. The number of hydrogen-bond acceptors (Lipinski definition) is 5. The van der Waals surface area contributed by atoms with Crippen molar-refractivity contribution in [3.8, 4) is 5.88 Å². The van der Waals surface area contributed by atoms with E-state index < -0.39 is 11.7 Å². The number of ether oxygens (including phenoxy) is 2. The van der Waals surface area contributed by atoms with Gasteiger partial charge < -0.3 is 19.7 Å². The number of likely N-dealkylation sites (N-methyl/N-ethyl adjacent to an activating group) is 1. The third-order valence-electron chi connectivity index (χ3n) is 3.02. The number of amides is 2. The Kier molecular flexibility index (Phi) is 9.39. The normalized spacial score (nSPS) is 11.3. The average Bonchev–Trinajstić information content (AvgIpc) is 2.56. The van der Waals surface area contributed by atoms with Crippen LogP contribution in [0.2, 0.25) is 0 Å². The summed E-state index contributed by atoms with van der Waals surface area (Å²) < 4.78 is 12.0. The molecule has 0 unspecified atom stereocenters. The Morgan fingerprint density at radius 1 is 1.35 bits per heavy atom. The summed E-state index contributed by atoms with van der Waals surface area (Å²) in [5, 5.41) is 2.49. The summed E-state index contributed by atoms with van der Waals surface area (Å²) >= 11 is 2.18. The largest absolute Gasteiger partial charge is 0.478 e. The van der Waals surface area contributed by atoms with Crippen LogP contribution in [0.3, 0.4) is 0 Å². The zero-order valence-electron chi connectivity index (χ0n) is 15.6. The lowest BCUT2D eigenvalue weighted by Crippen LogP contribution is -2.38. The van der Waals surface area contributed by atoms with Crippen molar-refractivity contribution in [3.05, 3.63) is 34.1 Å². The predicted octanol–water partition coefficient (Wildman–Crippen LogP) is 2.99. The number of carbonyl (C=O) groups is 2. The van der Waals surface area contributed by atoms with E-state index in [1.165, 1.54) is 11.0 Å². The second kappa shape index (κ2) is 11.0. The van der Waals surface area contributed by atoms with Crippen LogP contribution in [0.4, 0.5) is 4.79 Å². The van der Waals surface area contributed by atoms with Gasteiger partial charge >= 0.3 is 6.09 Å². The van der Waals surface area contributed by atoms with Gasteiger partial charge in [-0.05, 0) is 55.8 Å². The predicted molar refractivity (Wildman–Crippen MR) is 108 cm³/mol. The molecule has 7 nitrogen and oxygen atoms in total. The van der Waals surface area contributed by atoms with Crippen molar-refractivity contribution < 1.29 is 19.1 Å². The molecule has 0 aromatic carbocycles. The molecule has 1 aromatic rings. The van der Waals surface area contributed by atoms with Gasteiger partial charge in [0.15, 0.2) is 0 Å². The summed E-state index contributed by atoms with van der Waals surface area (Å²) in [5.74, 6) is 0.330. The summed E-state index contributed by atoms with van der Waals surface area (Å²) in [5.41, 5.74) is -0.582. The van der Waals surface area contributed by atoms with Gasteiger partial charge in [0.1, 0.15) is 5.60 Å². The molecule has 1 rings (SSSR count). The summed E-state index contributed by atoms with van der Waals surface area (Å²) in [7, 11) is 1.55. The number of hydrogen-bond donors (Lipinski definition) is 1. The Morgan fingerprint density at radius 3 is 2.65 bits per heavy atom. The van der Waals surface area contributed by atoms with E-state index in [4.69, 9.17) is 9.47 Å². The van der Waals surface area contributed by atoms with Crippen LogP contribution >= 0.6 is 22.6 Å².